The number of nitrogens with zero attached hydrogens (tertiary/aromatic N) is 1. The van der Waals surface area contributed by atoms with Gasteiger partial charge >= 0.3 is 0 Å². The Morgan fingerprint density at radius 3 is 0.848 bits per heavy atom. The molecule has 0 saturated carbocycles. The van der Waals surface area contributed by atoms with Gasteiger partial charge in [-0.3, -0.25) is 4.79 Å². The van der Waals surface area contributed by atoms with E-state index in [0.717, 1.165) is 0 Å². The maximum atomic E-state index is 11.1. The van der Waals surface area contributed by atoms with E-state index in [0.29, 0.717) is 0 Å². The summed E-state index contributed by atoms with van der Waals surface area (Å²) in [6.07, 6.45) is 4.92. The van der Waals surface area contributed by atoms with Crippen LogP contribution in [0.3, 0.4) is 0 Å². The van der Waals surface area contributed by atoms with Crippen LogP contribution in [0.25, 0.3) is 0 Å². The number of carbonyl (C=O) groups is 1. The number of hydrogen-bond acceptors (Lipinski definition) is 1. The van der Waals surface area contributed by atoms with Crippen LogP contribution < -0.4 is 0 Å². The summed E-state index contributed by atoms with van der Waals surface area (Å²) in [6, 6.07) is 0. The zero-order chi connectivity index (χ0) is 24.2. The van der Waals surface area contributed by atoms with E-state index >= 15 is 0 Å². The monoisotopic (exact) mass is 409 g/mol. The van der Waals surface area contributed by atoms with Gasteiger partial charge in [-0.2, -0.15) is 0 Å². The molecule has 33 heavy (non-hydrogen) atoms. The maximum Gasteiger partial charge on any atom is 0.298 e. The highest BCUT2D eigenvalue weighted by atomic mass is 16.2. The molecule has 0 rings (SSSR count). The van der Waals surface area contributed by atoms with Crippen LogP contribution in [0.5, 0.6) is 0 Å². The van der Waals surface area contributed by atoms with Crippen LogP contribution in [0.2, 0.25) is 0 Å². The first kappa shape index (κ1) is 26.3. The highest BCUT2D eigenvalue weighted by Crippen LogP contribution is 1.72. The van der Waals surface area contributed by atoms with Crippen LogP contribution in [0.15, 0.2) is 0 Å². The summed E-state index contributed by atoms with van der Waals surface area (Å²) in [6.45, 7) is 0. The summed E-state index contributed by atoms with van der Waals surface area (Å²) in [4.78, 5) is 12.5. The Kier molecular flexibility index (Phi) is 17.2. The molecule has 2 heteroatoms. The van der Waals surface area contributed by atoms with Gasteiger partial charge in [0, 0.05) is 79.2 Å². The van der Waals surface area contributed by atoms with Crippen molar-refractivity contribution in [3.8, 4) is 166 Å². The van der Waals surface area contributed by atoms with E-state index in [1.165, 1.54) is 4.90 Å². The lowest BCUT2D eigenvalue weighted by Gasteiger charge is -2.01. The predicted octanol–water partition coefficient (Wildman–Crippen LogP) is -0.248. The second-order valence-electron chi connectivity index (χ2n) is 4.59. The van der Waals surface area contributed by atoms with Gasteiger partial charge in [0.05, 0.1) is 0 Å². The Morgan fingerprint density at radius 1 is 0.424 bits per heavy atom. The average Bonchev–Trinajstić information content (AvgIpc) is 2.81. The average molecular weight is 409 g/mol. The third kappa shape index (κ3) is 21.5. The molecule has 142 valence electrons. The molecule has 0 aliphatic rings. The SMILES string of the molecule is C#CC#CC#CC#CC#CC#CC#CC#CC#CC#CC#CC#CC#CC#CC(=O)N(C)C. The van der Waals surface area contributed by atoms with Crippen LogP contribution in [-0.2, 0) is 4.79 Å². The van der Waals surface area contributed by atoms with Crippen LogP contribution in [0.4, 0.5) is 0 Å². The Morgan fingerprint density at radius 2 is 0.636 bits per heavy atom. The molecule has 0 unspecified atom stereocenters. The second-order valence-corrected chi connectivity index (χ2v) is 4.59. The van der Waals surface area contributed by atoms with Gasteiger partial charge in [-0.05, 0) is 94.7 Å². The summed E-state index contributed by atoms with van der Waals surface area (Å²) in [5.74, 6) is 65.6. The molecule has 0 bridgehead atoms. The van der Waals surface area contributed by atoms with Crippen LogP contribution in [0, 0.1) is 166 Å². The van der Waals surface area contributed by atoms with Crippen molar-refractivity contribution in [1.82, 2.24) is 4.90 Å². The molecule has 1 amide bonds. The minimum atomic E-state index is -0.335. The van der Waals surface area contributed by atoms with E-state index < -0.39 is 0 Å². The zero-order valence-corrected chi connectivity index (χ0v) is 17.4. The molecule has 0 aromatic carbocycles. The fourth-order valence-corrected chi connectivity index (χ4v) is 0.951. The largest absolute Gasteiger partial charge is 0.338 e. The molecule has 0 heterocycles. The first-order valence-electron chi connectivity index (χ1n) is 8.36. The fraction of sp³-hybridized carbons (Fsp3) is 0.0645. The molecule has 0 aromatic rings. The number of carbonyl (C=O) groups excluding carboxylic acids is 1. The third-order valence-corrected chi connectivity index (χ3v) is 2.15. The van der Waals surface area contributed by atoms with E-state index in [1.54, 1.807) is 14.1 Å². The highest BCUT2D eigenvalue weighted by molar-refractivity contribution is 5.93. The molecule has 0 aliphatic heterocycles. The summed E-state index contributed by atoms with van der Waals surface area (Å²) in [5, 5.41) is 0. The van der Waals surface area contributed by atoms with E-state index in [4.69, 9.17) is 6.42 Å². The zero-order valence-electron chi connectivity index (χ0n) is 17.4. The molecule has 0 N–H and O–H groups in total. The van der Waals surface area contributed by atoms with Crippen molar-refractivity contribution >= 4 is 5.91 Å². The minimum absolute atomic E-state index is 0.335. The van der Waals surface area contributed by atoms with Crippen molar-refractivity contribution in [2.75, 3.05) is 14.1 Å². The summed E-state index contributed by atoms with van der Waals surface area (Å²) in [7, 11) is 3.19. The van der Waals surface area contributed by atoms with Crippen molar-refractivity contribution in [2.24, 2.45) is 0 Å². The molecule has 0 saturated heterocycles. The third-order valence-electron chi connectivity index (χ3n) is 2.15. The number of rotatable bonds is 0. The highest BCUT2D eigenvalue weighted by Gasteiger charge is 1.94. The van der Waals surface area contributed by atoms with Gasteiger partial charge in [-0.15, -0.1) is 6.42 Å². The summed E-state index contributed by atoms with van der Waals surface area (Å²) in [5.41, 5.74) is 0. The van der Waals surface area contributed by atoms with Crippen molar-refractivity contribution in [1.29, 1.82) is 0 Å². The Bertz CT molecular complexity index is 1670. The topological polar surface area (TPSA) is 20.3 Å². The molecule has 0 spiro atoms. The first-order valence-corrected chi connectivity index (χ1v) is 8.36. The van der Waals surface area contributed by atoms with Gasteiger partial charge in [-0.1, -0.05) is 0 Å². The van der Waals surface area contributed by atoms with Gasteiger partial charge in [0.2, 0.25) is 0 Å². The lowest BCUT2D eigenvalue weighted by molar-refractivity contribution is -0.122. The Hall–Kier alpha value is -6.69. The van der Waals surface area contributed by atoms with Crippen LogP contribution >= 0.6 is 0 Å². The smallest absolute Gasteiger partial charge is 0.298 e. The van der Waals surface area contributed by atoms with E-state index in [2.05, 4.69) is 160 Å². The Labute approximate surface area is 196 Å². The summed E-state index contributed by atoms with van der Waals surface area (Å²) >= 11 is 0. The fourth-order valence-electron chi connectivity index (χ4n) is 0.951. The first-order chi connectivity index (χ1) is 16.2. The van der Waals surface area contributed by atoms with Crippen molar-refractivity contribution in [2.45, 2.75) is 0 Å². The van der Waals surface area contributed by atoms with Crippen LogP contribution in [0.1, 0.15) is 0 Å². The van der Waals surface area contributed by atoms with Crippen molar-refractivity contribution < 1.29 is 4.79 Å². The quantitative estimate of drug-likeness (QED) is 0.506. The lowest BCUT2D eigenvalue weighted by atomic mass is 10.4. The standard InChI is InChI=1S/C31H7NO/c1-4-5-6-7-8-9-10-11-12-13-14-15-16-17-18-19-20-21-22-23-24-25-26-27-28-29-30-31(33)32(2)3/h1H,2-3H3. The normalized spacial score (nSPS) is 4.64. The molecule has 0 radical (unpaired) electrons. The van der Waals surface area contributed by atoms with Gasteiger partial charge in [0.25, 0.3) is 5.91 Å². The van der Waals surface area contributed by atoms with E-state index in [1.807, 2.05) is 0 Å². The van der Waals surface area contributed by atoms with Crippen LogP contribution in [-0.4, -0.2) is 24.9 Å². The minimum Gasteiger partial charge on any atom is -0.338 e. The maximum absolute atomic E-state index is 11.1. The van der Waals surface area contributed by atoms with E-state index in [-0.39, 0.29) is 5.91 Å². The molecule has 0 aromatic heterocycles. The van der Waals surface area contributed by atoms with Gasteiger partial charge in [-0.25, -0.2) is 0 Å². The molecule has 0 aliphatic carbocycles. The molecular weight excluding hydrogens is 402 g/mol. The summed E-state index contributed by atoms with van der Waals surface area (Å²) < 4.78 is 0. The molecule has 2 nitrogen and oxygen atoms in total. The van der Waals surface area contributed by atoms with Crippen molar-refractivity contribution in [3.05, 3.63) is 0 Å². The lowest BCUT2D eigenvalue weighted by Crippen LogP contribution is -2.19. The van der Waals surface area contributed by atoms with Gasteiger partial charge in [0.1, 0.15) is 0 Å². The molecule has 0 atom stereocenters. The van der Waals surface area contributed by atoms with Gasteiger partial charge in [0.15, 0.2) is 0 Å². The predicted molar refractivity (Wildman–Crippen MR) is 129 cm³/mol. The second kappa shape index (κ2) is 21.6. The Balaban J connectivity index is 4.50. The molecule has 0 fully saturated rings. The number of terminal acetylenes is 1. The molecular formula is C31H7NO. The van der Waals surface area contributed by atoms with E-state index in [9.17, 15) is 4.79 Å². The number of amides is 1. The van der Waals surface area contributed by atoms with Crippen molar-refractivity contribution in [3.63, 3.8) is 0 Å². The van der Waals surface area contributed by atoms with Gasteiger partial charge < -0.3 is 4.90 Å². The number of hydrogen-bond donors (Lipinski definition) is 0.